The molecule has 1 aliphatic heterocycles. The highest BCUT2D eigenvalue weighted by Gasteiger charge is 2.22. The molecular formula is C22H18ClFN4O3S2. The van der Waals surface area contributed by atoms with Gasteiger partial charge >= 0.3 is 0 Å². The van der Waals surface area contributed by atoms with Gasteiger partial charge < -0.3 is 10.1 Å². The number of nitrogens with zero attached hydrogens (tertiary/aromatic N) is 3. The SMILES string of the molecule is O=C(CSc1nc2c(sc3ncccc32)c(=O)n1C[C@@H]1CCCO1)Nc1ccc(F)c(Cl)c1. The number of carbonyl (C=O) groups excluding carboxylic acids is 1. The molecule has 0 unspecified atom stereocenters. The number of amides is 1. The summed E-state index contributed by atoms with van der Waals surface area (Å²) < 4.78 is 21.2. The van der Waals surface area contributed by atoms with E-state index in [0.29, 0.717) is 34.2 Å². The van der Waals surface area contributed by atoms with Gasteiger partial charge in [0.2, 0.25) is 5.91 Å². The molecule has 33 heavy (non-hydrogen) atoms. The standard InChI is InChI=1S/C22H18ClFN4O3S2/c23-15-9-12(5-6-16(15)24)26-17(29)11-32-22-27-18-14-4-1-7-25-20(14)33-19(18)21(30)28(22)10-13-3-2-8-31-13/h1,4-7,9,13H,2-3,8,10-11H2,(H,26,29)/t13-/m0/s1. The Bertz CT molecular complexity index is 1420. The maximum Gasteiger partial charge on any atom is 0.272 e. The number of carbonyl (C=O) groups is 1. The van der Waals surface area contributed by atoms with Gasteiger partial charge in [-0.05, 0) is 43.2 Å². The fourth-order valence-electron chi connectivity index (χ4n) is 3.71. The molecule has 7 nitrogen and oxygen atoms in total. The monoisotopic (exact) mass is 504 g/mol. The lowest BCUT2D eigenvalue weighted by molar-refractivity contribution is -0.113. The Labute approximate surface area is 200 Å². The Morgan fingerprint density at radius 1 is 1.39 bits per heavy atom. The lowest BCUT2D eigenvalue weighted by atomic mass is 10.2. The van der Waals surface area contributed by atoms with E-state index in [2.05, 4.69) is 10.3 Å². The molecule has 11 heteroatoms. The zero-order valence-electron chi connectivity index (χ0n) is 17.2. The maximum atomic E-state index is 13.4. The van der Waals surface area contributed by atoms with E-state index in [1.165, 1.54) is 41.3 Å². The molecular weight excluding hydrogens is 487 g/mol. The Balaban J connectivity index is 1.45. The van der Waals surface area contributed by atoms with Crippen LogP contribution in [-0.4, -0.2) is 38.9 Å². The van der Waals surface area contributed by atoms with Crippen molar-refractivity contribution >= 4 is 66.7 Å². The second-order valence-corrected chi connectivity index (χ2v) is 9.90. The van der Waals surface area contributed by atoms with Crippen LogP contribution in [0.1, 0.15) is 12.8 Å². The molecule has 1 amide bonds. The molecule has 4 aromatic rings. The molecule has 1 fully saturated rings. The number of fused-ring (bicyclic) bond motifs is 3. The van der Waals surface area contributed by atoms with Crippen molar-refractivity contribution in [3.05, 3.63) is 57.7 Å². The number of hydrogen-bond donors (Lipinski definition) is 1. The van der Waals surface area contributed by atoms with Crippen LogP contribution in [-0.2, 0) is 16.1 Å². The summed E-state index contributed by atoms with van der Waals surface area (Å²) >= 11 is 8.27. The highest BCUT2D eigenvalue weighted by atomic mass is 35.5. The Morgan fingerprint density at radius 3 is 3.06 bits per heavy atom. The molecule has 0 aliphatic carbocycles. The summed E-state index contributed by atoms with van der Waals surface area (Å²) in [5.41, 5.74) is 0.818. The predicted molar refractivity (Wildman–Crippen MR) is 129 cm³/mol. The minimum Gasteiger partial charge on any atom is -0.376 e. The van der Waals surface area contributed by atoms with Crippen LogP contribution in [0.4, 0.5) is 10.1 Å². The van der Waals surface area contributed by atoms with E-state index in [1.54, 1.807) is 10.8 Å². The van der Waals surface area contributed by atoms with Crippen LogP contribution in [0.15, 0.2) is 46.5 Å². The van der Waals surface area contributed by atoms with E-state index in [4.69, 9.17) is 21.3 Å². The molecule has 170 valence electrons. The highest BCUT2D eigenvalue weighted by Crippen LogP contribution is 2.31. The number of aromatic nitrogens is 3. The quantitative estimate of drug-likeness (QED) is 0.302. The number of benzene rings is 1. The van der Waals surface area contributed by atoms with Crippen molar-refractivity contribution in [3.8, 4) is 0 Å². The average molecular weight is 505 g/mol. The number of anilines is 1. The smallest absolute Gasteiger partial charge is 0.272 e. The highest BCUT2D eigenvalue weighted by molar-refractivity contribution is 7.99. The van der Waals surface area contributed by atoms with Crippen LogP contribution in [0, 0.1) is 5.82 Å². The Morgan fingerprint density at radius 2 is 2.27 bits per heavy atom. The van der Waals surface area contributed by atoms with Gasteiger partial charge in [-0.1, -0.05) is 23.4 Å². The maximum absolute atomic E-state index is 13.4. The first-order chi connectivity index (χ1) is 16.0. The number of thiophene rings is 1. The molecule has 0 spiro atoms. The third-order valence-corrected chi connectivity index (χ3v) is 7.62. The number of thioether (sulfide) groups is 1. The third-order valence-electron chi connectivity index (χ3n) is 5.26. The molecule has 4 heterocycles. The number of ether oxygens (including phenoxy) is 1. The molecule has 5 rings (SSSR count). The lowest BCUT2D eigenvalue weighted by Gasteiger charge is -2.15. The van der Waals surface area contributed by atoms with Gasteiger partial charge in [0, 0.05) is 23.9 Å². The summed E-state index contributed by atoms with van der Waals surface area (Å²) in [6.45, 7) is 1.05. The van der Waals surface area contributed by atoms with Crippen LogP contribution in [0.3, 0.4) is 0 Å². The molecule has 1 aromatic carbocycles. The first kappa shape index (κ1) is 22.3. The van der Waals surface area contributed by atoms with Crippen LogP contribution in [0.25, 0.3) is 20.4 Å². The second kappa shape index (κ2) is 9.38. The van der Waals surface area contributed by atoms with Gasteiger partial charge in [-0.2, -0.15) is 0 Å². The number of nitrogens with one attached hydrogen (secondary N) is 1. The van der Waals surface area contributed by atoms with Crippen molar-refractivity contribution in [3.63, 3.8) is 0 Å². The molecule has 0 saturated carbocycles. The summed E-state index contributed by atoms with van der Waals surface area (Å²) in [6.07, 6.45) is 3.44. The van der Waals surface area contributed by atoms with Crippen molar-refractivity contribution in [2.24, 2.45) is 0 Å². The first-order valence-electron chi connectivity index (χ1n) is 10.3. The average Bonchev–Trinajstić information content (AvgIpc) is 3.45. The molecule has 0 bridgehead atoms. The number of halogens is 2. The fraction of sp³-hybridized carbons (Fsp3) is 0.273. The van der Waals surface area contributed by atoms with Gasteiger partial charge in [0.15, 0.2) is 5.16 Å². The van der Waals surface area contributed by atoms with Gasteiger partial charge in [-0.3, -0.25) is 14.2 Å². The molecule has 3 aromatic heterocycles. The summed E-state index contributed by atoms with van der Waals surface area (Å²) in [6, 6.07) is 7.67. The third kappa shape index (κ3) is 4.61. The summed E-state index contributed by atoms with van der Waals surface area (Å²) in [5, 5.41) is 3.87. The first-order valence-corrected chi connectivity index (χ1v) is 12.4. The molecule has 0 radical (unpaired) electrons. The van der Waals surface area contributed by atoms with Crippen LogP contribution in [0.5, 0.6) is 0 Å². The normalized spacial score (nSPS) is 16.0. The fourth-order valence-corrected chi connectivity index (χ4v) is 5.72. The topological polar surface area (TPSA) is 86.1 Å². The van der Waals surface area contributed by atoms with Gasteiger partial charge in [-0.15, -0.1) is 11.3 Å². The minimum atomic E-state index is -0.558. The van der Waals surface area contributed by atoms with Crippen molar-refractivity contribution in [1.29, 1.82) is 0 Å². The Kier molecular flexibility index (Phi) is 6.33. The van der Waals surface area contributed by atoms with E-state index in [1.807, 2.05) is 12.1 Å². The zero-order valence-corrected chi connectivity index (χ0v) is 19.6. The largest absolute Gasteiger partial charge is 0.376 e. The number of hydrogen-bond acceptors (Lipinski definition) is 7. The van der Waals surface area contributed by atoms with Crippen LogP contribution < -0.4 is 10.9 Å². The second-order valence-electron chi connectivity index (χ2n) is 7.55. The molecule has 1 aliphatic rings. The van der Waals surface area contributed by atoms with E-state index in [9.17, 15) is 14.0 Å². The molecule has 1 atom stereocenters. The van der Waals surface area contributed by atoms with Crippen molar-refractivity contribution in [2.75, 3.05) is 17.7 Å². The molecule has 1 saturated heterocycles. The van der Waals surface area contributed by atoms with Gasteiger partial charge in [-0.25, -0.2) is 14.4 Å². The van der Waals surface area contributed by atoms with Crippen LogP contribution >= 0.6 is 34.7 Å². The van der Waals surface area contributed by atoms with E-state index in [0.717, 1.165) is 23.1 Å². The summed E-state index contributed by atoms with van der Waals surface area (Å²) in [5.74, 6) is -0.867. The van der Waals surface area contributed by atoms with E-state index >= 15 is 0 Å². The summed E-state index contributed by atoms with van der Waals surface area (Å²) in [7, 11) is 0. The van der Waals surface area contributed by atoms with Crippen LogP contribution in [0.2, 0.25) is 5.02 Å². The van der Waals surface area contributed by atoms with Gasteiger partial charge in [0.05, 0.1) is 28.9 Å². The zero-order chi connectivity index (χ0) is 22.9. The predicted octanol–water partition coefficient (Wildman–Crippen LogP) is 4.71. The van der Waals surface area contributed by atoms with Gasteiger partial charge in [0.25, 0.3) is 5.56 Å². The number of pyridine rings is 1. The minimum absolute atomic E-state index is 0.0127. The number of rotatable bonds is 6. The Hall–Kier alpha value is -2.53. The van der Waals surface area contributed by atoms with Crippen molar-refractivity contribution in [2.45, 2.75) is 30.6 Å². The van der Waals surface area contributed by atoms with Gasteiger partial charge in [0.1, 0.15) is 15.3 Å². The van der Waals surface area contributed by atoms with Crippen molar-refractivity contribution in [1.82, 2.24) is 14.5 Å². The van der Waals surface area contributed by atoms with E-state index < -0.39 is 5.82 Å². The van der Waals surface area contributed by atoms with E-state index in [-0.39, 0.29) is 28.3 Å². The molecule has 1 N–H and O–H groups in total. The van der Waals surface area contributed by atoms with Crippen molar-refractivity contribution < 1.29 is 13.9 Å². The lowest BCUT2D eigenvalue weighted by Crippen LogP contribution is -2.28. The summed E-state index contributed by atoms with van der Waals surface area (Å²) in [4.78, 5) is 35.8.